The maximum absolute atomic E-state index is 13.5. The molecule has 1 aromatic carbocycles. The van der Waals surface area contributed by atoms with Crippen LogP contribution in [0.2, 0.25) is 0 Å². The summed E-state index contributed by atoms with van der Waals surface area (Å²) in [5.41, 5.74) is -0.0383. The molecule has 0 saturated carbocycles. The van der Waals surface area contributed by atoms with Gasteiger partial charge >= 0.3 is 5.97 Å². The molecule has 4 nitrogen and oxygen atoms in total. The second kappa shape index (κ2) is 6.74. The van der Waals surface area contributed by atoms with Gasteiger partial charge in [-0.2, -0.15) is 0 Å². The van der Waals surface area contributed by atoms with Crippen LogP contribution in [0.15, 0.2) is 24.3 Å². The van der Waals surface area contributed by atoms with Crippen molar-refractivity contribution >= 4 is 11.9 Å². The van der Waals surface area contributed by atoms with E-state index in [0.717, 1.165) is 0 Å². The van der Waals surface area contributed by atoms with Crippen LogP contribution >= 0.6 is 0 Å². The first-order valence-electron chi connectivity index (χ1n) is 5.79. The number of amides is 1. The van der Waals surface area contributed by atoms with Gasteiger partial charge in [0, 0.05) is 6.54 Å². The summed E-state index contributed by atoms with van der Waals surface area (Å²) >= 11 is 0. The largest absolute Gasteiger partial charge is 0.465 e. The minimum Gasteiger partial charge on any atom is -0.465 e. The molecule has 0 aliphatic heterocycles. The number of nitrogens with zero attached hydrogens (tertiary/aromatic N) is 1. The summed E-state index contributed by atoms with van der Waals surface area (Å²) in [6.07, 6.45) is 0. The topological polar surface area (TPSA) is 46.6 Å². The van der Waals surface area contributed by atoms with Crippen LogP contribution in [0.3, 0.4) is 0 Å². The lowest BCUT2D eigenvalue weighted by molar-refractivity contribution is -0.143. The lowest BCUT2D eigenvalue weighted by atomic mass is 10.2. The Balaban J connectivity index is 2.80. The fourth-order valence-corrected chi connectivity index (χ4v) is 1.49. The molecule has 0 aromatic heterocycles. The Morgan fingerprint density at radius 1 is 1.28 bits per heavy atom. The highest BCUT2D eigenvalue weighted by atomic mass is 19.1. The minimum absolute atomic E-state index is 0.0383. The van der Waals surface area contributed by atoms with E-state index >= 15 is 0 Å². The minimum atomic E-state index is -0.593. The SMILES string of the molecule is CCOC(=O)CN(CC)C(=O)c1ccccc1F. The molecule has 1 amide bonds. The van der Waals surface area contributed by atoms with Gasteiger partial charge in [-0.15, -0.1) is 0 Å². The average Bonchev–Trinajstić information content (AvgIpc) is 2.36. The number of carbonyl (C=O) groups is 2. The molecule has 0 N–H and O–H groups in total. The van der Waals surface area contributed by atoms with Crippen LogP contribution in [0.1, 0.15) is 24.2 Å². The van der Waals surface area contributed by atoms with E-state index in [2.05, 4.69) is 0 Å². The summed E-state index contributed by atoms with van der Waals surface area (Å²) in [4.78, 5) is 24.6. The summed E-state index contributed by atoms with van der Waals surface area (Å²) in [5.74, 6) is -1.60. The highest BCUT2D eigenvalue weighted by molar-refractivity contribution is 5.96. The molecule has 98 valence electrons. The molecule has 0 saturated heterocycles. The number of ether oxygens (including phenoxy) is 1. The van der Waals surface area contributed by atoms with Gasteiger partial charge in [-0.05, 0) is 26.0 Å². The zero-order valence-electron chi connectivity index (χ0n) is 10.5. The molecule has 18 heavy (non-hydrogen) atoms. The van der Waals surface area contributed by atoms with Gasteiger partial charge in [-0.1, -0.05) is 12.1 Å². The number of likely N-dealkylation sites (N-methyl/N-ethyl adjacent to an activating group) is 1. The quantitative estimate of drug-likeness (QED) is 0.752. The van der Waals surface area contributed by atoms with Gasteiger partial charge in [0.2, 0.25) is 0 Å². The molecule has 5 heteroatoms. The number of esters is 1. The zero-order valence-corrected chi connectivity index (χ0v) is 10.5. The molecule has 0 atom stereocenters. The molecular formula is C13H16FNO3. The highest BCUT2D eigenvalue weighted by Gasteiger charge is 2.20. The fourth-order valence-electron chi connectivity index (χ4n) is 1.49. The Bertz CT molecular complexity index is 434. The van der Waals surface area contributed by atoms with Gasteiger partial charge in [0.1, 0.15) is 12.4 Å². The van der Waals surface area contributed by atoms with Crippen LogP contribution in [0, 0.1) is 5.82 Å². The summed E-state index contributed by atoms with van der Waals surface area (Å²) in [6, 6.07) is 5.69. The predicted octanol–water partition coefficient (Wildman–Crippen LogP) is 1.85. The highest BCUT2D eigenvalue weighted by Crippen LogP contribution is 2.10. The van der Waals surface area contributed by atoms with Crippen molar-refractivity contribution in [3.63, 3.8) is 0 Å². The van der Waals surface area contributed by atoms with E-state index in [-0.39, 0.29) is 18.7 Å². The molecule has 0 bridgehead atoms. The molecule has 1 aromatic rings. The number of rotatable bonds is 5. The number of carbonyl (C=O) groups excluding carboxylic acids is 2. The molecule has 0 fully saturated rings. The molecular weight excluding hydrogens is 237 g/mol. The third kappa shape index (κ3) is 3.55. The van der Waals surface area contributed by atoms with Gasteiger partial charge in [0.15, 0.2) is 0 Å². The van der Waals surface area contributed by atoms with Crippen molar-refractivity contribution in [2.24, 2.45) is 0 Å². The monoisotopic (exact) mass is 253 g/mol. The number of halogens is 1. The smallest absolute Gasteiger partial charge is 0.325 e. The van der Waals surface area contributed by atoms with Crippen molar-refractivity contribution in [1.82, 2.24) is 4.90 Å². The Labute approximate surface area is 105 Å². The predicted molar refractivity (Wildman–Crippen MR) is 64.6 cm³/mol. The van der Waals surface area contributed by atoms with E-state index in [1.54, 1.807) is 19.9 Å². The van der Waals surface area contributed by atoms with Gasteiger partial charge in [-0.3, -0.25) is 9.59 Å². The van der Waals surface area contributed by atoms with Crippen LogP contribution in [0.4, 0.5) is 4.39 Å². The summed E-state index contributed by atoms with van der Waals surface area (Å²) in [6.45, 7) is 3.80. The lowest BCUT2D eigenvalue weighted by Crippen LogP contribution is -2.36. The van der Waals surface area contributed by atoms with E-state index in [1.165, 1.54) is 23.1 Å². The van der Waals surface area contributed by atoms with E-state index in [1.807, 2.05) is 0 Å². The molecule has 0 radical (unpaired) electrons. The first kappa shape index (κ1) is 14.2. The van der Waals surface area contributed by atoms with Crippen molar-refractivity contribution in [2.45, 2.75) is 13.8 Å². The van der Waals surface area contributed by atoms with E-state index in [9.17, 15) is 14.0 Å². The Hall–Kier alpha value is -1.91. The third-order valence-electron chi connectivity index (χ3n) is 2.40. The van der Waals surface area contributed by atoms with Gasteiger partial charge in [0.25, 0.3) is 5.91 Å². The normalized spacial score (nSPS) is 9.94. The van der Waals surface area contributed by atoms with Crippen molar-refractivity contribution in [3.05, 3.63) is 35.6 Å². The molecule has 0 heterocycles. The molecule has 1 rings (SSSR count). The van der Waals surface area contributed by atoms with Crippen molar-refractivity contribution in [1.29, 1.82) is 0 Å². The van der Waals surface area contributed by atoms with Gasteiger partial charge < -0.3 is 9.64 Å². The van der Waals surface area contributed by atoms with Crippen molar-refractivity contribution < 1.29 is 18.7 Å². The standard InChI is InChI=1S/C13H16FNO3/c1-3-15(9-12(16)18-4-2)13(17)10-7-5-6-8-11(10)14/h5-8H,3-4,9H2,1-2H3. The lowest BCUT2D eigenvalue weighted by Gasteiger charge is -2.19. The number of hydrogen-bond donors (Lipinski definition) is 0. The first-order chi connectivity index (χ1) is 8.60. The van der Waals surface area contributed by atoms with E-state index in [4.69, 9.17) is 4.74 Å². The van der Waals surface area contributed by atoms with Gasteiger partial charge in [0.05, 0.1) is 12.2 Å². The summed E-state index contributed by atoms with van der Waals surface area (Å²) in [5, 5.41) is 0. The molecule has 0 aliphatic rings. The van der Waals surface area contributed by atoms with Crippen molar-refractivity contribution in [2.75, 3.05) is 19.7 Å². The zero-order chi connectivity index (χ0) is 13.5. The summed E-state index contributed by atoms with van der Waals surface area (Å²) in [7, 11) is 0. The molecule has 0 spiro atoms. The second-order valence-electron chi connectivity index (χ2n) is 3.60. The van der Waals surface area contributed by atoms with Crippen LogP contribution in [0.25, 0.3) is 0 Å². The number of hydrogen-bond acceptors (Lipinski definition) is 3. The third-order valence-corrected chi connectivity index (χ3v) is 2.40. The maximum atomic E-state index is 13.5. The van der Waals surface area contributed by atoms with Gasteiger partial charge in [-0.25, -0.2) is 4.39 Å². The maximum Gasteiger partial charge on any atom is 0.325 e. The van der Waals surface area contributed by atoms with Crippen LogP contribution in [-0.4, -0.2) is 36.5 Å². The Morgan fingerprint density at radius 2 is 1.94 bits per heavy atom. The first-order valence-corrected chi connectivity index (χ1v) is 5.79. The van der Waals surface area contributed by atoms with Crippen LogP contribution in [0.5, 0.6) is 0 Å². The average molecular weight is 253 g/mol. The summed E-state index contributed by atoms with van der Waals surface area (Å²) < 4.78 is 18.2. The molecule has 0 aliphatic carbocycles. The number of benzene rings is 1. The van der Waals surface area contributed by atoms with Crippen LogP contribution < -0.4 is 0 Å². The Morgan fingerprint density at radius 3 is 2.50 bits per heavy atom. The van der Waals surface area contributed by atoms with E-state index < -0.39 is 17.7 Å². The fraction of sp³-hybridized carbons (Fsp3) is 0.385. The van der Waals surface area contributed by atoms with Crippen LogP contribution in [-0.2, 0) is 9.53 Å². The van der Waals surface area contributed by atoms with E-state index in [0.29, 0.717) is 6.54 Å². The second-order valence-corrected chi connectivity index (χ2v) is 3.60. The van der Waals surface area contributed by atoms with Crippen molar-refractivity contribution in [3.8, 4) is 0 Å². The molecule has 0 unspecified atom stereocenters. The Kier molecular flexibility index (Phi) is 5.30.